The van der Waals surface area contributed by atoms with Crippen molar-refractivity contribution in [1.29, 1.82) is 0 Å². The number of hydrogen-bond acceptors (Lipinski definition) is 4. The van der Waals surface area contributed by atoms with E-state index in [4.69, 9.17) is 5.11 Å². The molecule has 2 heterocycles. The van der Waals surface area contributed by atoms with Gasteiger partial charge in [0.25, 0.3) is 5.91 Å². The van der Waals surface area contributed by atoms with Crippen LogP contribution in [-0.2, 0) is 17.6 Å². The van der Waals surface area contributed by atoms with Gasteiger partial charge in [0.05, 0.1) is 23.8 Å². The fourth-order valence-electron chi connectivity index (χ4n) is 4.41. The monoisotopic (exact) mass is 385 g/mol. The fourth-order valence-corrected chi connectivity index (χ4v) is 4.41. The average molecular weight is 385 g/mol. The lowest BCUT2D eigenvalue weighted by Crippen LogP contribution is -2.23. The summed E-state index contributed by atoms with van der Waals surface area (Å²) in [5.41, 5.74) is 3.43. The fraction of sp³-hybridized carbons (Fsp3) is 0.600. The number of carboxylic acid groups (broad SMARTS) is 1. The third kappa shape index (κ3) is 3.68. The van der Waals surface area contributed by atoms with Gasteiger partial charge >= 0.3 is 5.97 Å². The molecule has 1 fully saturated rings. The molecule has 2 aliphatic carbocycles. The highest BCUT2D eigenvalue weighted by atomic mass is 16.4. The van der Waals surface area contributed by atoms with E-state index >= 15 is 0 Å². The van der Waals surface area contributed by atoms with Crippen molar-refractivity contribution in [1.82, 2.24) is 20.0 Å². The summed E-state index contributed by atoms with van der Waals surface area (Å²) in [5, 5.41) is 23.7. The highest BCUT2D eigenvalue weighted by Crippen LogP contribution is 2.35. The Hall–Kier alpha value is -2.64. The van der Waals surface area contributed by atoms with Gasteiger partial charge in [-0.15, -0.1) is 0 Å². The number of hydrogen-bond donors (Lipinski definition) is 3. The molecule has 0 atom stereocenters. The molecular weight excluding hydrogens is 358 g/mol. The average Bonchev–Trinajstić information content (AvgIpc) is 3.27. The second kappa shape index (κ2) is 7.07. The van der Waals surface area contributed by atoms with E-state index in [9.17, 15) is 9.59 Å². The van der Waals surface area contributed by atoms with Gasteiger partial charge in [-0.3, -0.25) is 19.4 Å². The predicted molar refractivity (Wildman–Crippen MR) is 103 cm³/mol. The van der Waals surface area contributed by atoms with Gasteiger partial charge in [-0.2, -0.15) is 10.2 Å². The zero-order valence-corrected chi connectivity index (χ0v) is 16.4. The van der Waals surface area contributed by atoms with Crippen LogP contribution in [0.2, 0.25) is 0 Å². The van der Waals surface area contributed by atoms with Gasteiger partial charge < -0.3 is 10.4 Å². The molecule has 8 heteroatoms. The predicted octanol–water partition coefficient (Wildman–Crippen LogP) is 3.19. The van der Waals surface area contributed by atoms with Crippen LogP contribution in [-0.4, -0.2) is 37.0 Å². The van der Waals surface area contributed by atoms with Gasteiger partial charge in [0.1, 0.15) is 0 Å². The second-order valence-electron chi connectivity index (χ2n) is 8.88. The molecule has 8 nitrogen and oxygen atoms in total. The number of aromatic nitrogens is 4. The van der Waals surface area contributed by atoms with Crippen LogP contribution < -0.4 is 5.32 Å². The Kier molecular flexibility index (Phi) is 4.72. The maximum atomic E-state index is 12.7. The number of carbonyl (C=O) groups is 2. The number of aromatic amines is 1. The van der Waals surface area contributed by atoms with E-state index < -0.39 is 5.97 Å². The van der Waals surface area contributed by atoms with Crippen molar-refractivity contribution in [2.24, 2.45) is 11.3 Å². The zero-order chi connectivity index (χ0) is 19.9. The number of rotatable bonds is 4. The lowest BCUT2D eigenvalue weighted by Gasteiger charge is -2.28. The summed E-state index contributed by atoms with van der Waals surface area (Å²) in [7, 11) is 0. The summed E-state index contributed by atoms with van der Waals surface area (Å²) in [6, 6.07) is 0.182. The number of amides is 1. The molecule has 0 saturated heterocycles. The zero-order valence-electron chi connectivity index (χ0n) is 16.4. The molecule has 28 heavy (non-hydrogen) atoms. The highest BCUT2D eigenvalue weighted by Gasteiger charge is 2.31. The molecule has 0 aliphatic heterocycles. The third-order valence-electron chi connectivity index (χ3n) is 6.15. The second-order valence-corrected chi connectivity index (χ2v) is 8.88. The Morgan fingerprint density at radius 1 is 1.29 bits per heavy atom. The molecule has 2 aromatic heterocycles. The van der Waals surface area contributed by atoms with Crippen molar-refractivity contribution in [2.45, 2.75) is 64.8 Å². The first-order valence-electron chi connectivity index (χ1n) is 9.97. The summed E-state index contributed by atoms with van der Waals surface area (Å²) in [6.45, 7) is 4.46. The first-order valence-corrected chi connectivity index (χ1v) is 9.97. The molecule has 2 aliphatic rings. The SMILES string of the molecule is CC1(C)CCc2c(C(=O)Nc3cnn(C4CCC(C(=O)O)CC4)c3)n[nH]c2C1. The quantitative estimate of drug-likeness (QED) is 0.748. The minimum Gasteiger partial charge on any atom is -0.481 e. The molecule has 4 rings (SSSR count). The Bertz CT molecular complexity index is 890. The number of anilines is 1. The van der Waals surface area contributed by atoms with E-state index in [1.807, 2.05) is 10.9 Å². The van der Waals surface area contributed by atoms with Crippen LogP contribution in [0.5, 0.6) is 0 Å². The van der Waals surface area contributed by atoms with Crippen molar-refractivity contribution in [3.8, 4) is 0 Å². The smallest absolute Gasteiger partial charge is 0.306 e. The van der Waals surface area contributed by atoms with Crippen LogP contribution in [0.15, 0.2) is 12.4 Å². The molecular formula is C20H27N5O3. The molecule has 0 unspecified atom stereocenters. The van der Waals surface area contributed by atoms with Crippen molar-refractivity contribution in [3.63, 3.8) is 0 Å². The van der Waals surface area contributed by atoms with Crippen molar-refractivity contribution < 1.29 is 14.7 Å². The van der Waals surface area contributed by atoms with Gasteiger partial charge in [-0.05, 0) is 50.4 Å². The standard InChI is InChI=1S/C20H27N5O3/c1-20(2)8-7-15-16(9-20)23-24-17(15)18(26)22-13-10-21-25(11-13)14-5-3-12(4-6-14)19(27)28/h10-12,14H,3-9H2,1-2H3,(H,22,26)(H,23,24)(H,27,28). The van der Waals surface area contributed by atoms with Gasteiger partial charge in [-0.25, -0.2) is 0 Å². The maximum Gasteiger partial charge on any atom is 0.306 e. The Morgan fingerprint density at radius 2 is 2.04 bits per heavy atom. The largest absolute Gasteiger partial charge is 0.481 e. The van der Waals surface area contributed by atoms with Crippen LogP contribution in [0.4, 0.5) is 5.69 Å². The Labute approximate surface area is 163 Å². The lowest BCUT2D eigenvalue weighted by atomic mass is 9.76. The summed E-state index contributed by atoms with van der Waals surface area (Å²) in [4.78, 5) is 23.8. The molecule has 1 saturated carbocycles. The molecule has 0 bridgehead atoms. The van der Waals surface area contributed by atoms with Crippen LogP contribution in [0.25, 0.3) is 0 Å². The first-order chi connectivity index (χ1) is 13.3. The number of fused-ring (bicyclic) bond motifs is 1. The minimum atomic E-state index is -0.711. The third-order valence-corrected chi connectivity index (χ3v) is 6.15. The summed E-state index contributed by atoms with van der Waals surface area (Å²) in [6.07, 6.45) is 9.16. The van der Waals surface area contributed by atoms with Crippen molar-refractivity contribution in [3.05, 3.63) is 29.3 Å². The van der Waals surface area contributed by atoms with E-state index in [0.717, 1.165) is 43.4 Å². The molecule has 0 radical (unpaired) electrons. The van der Waals surface area contributed by atoms with E-state index in [1.54, 1.807) is 6.20 Å². The number of nitrogens with zero attached hydrogens (tertiary/aromatic N) is 3. The maximum absolute atomic E-state index is 12.7. The molecule has 3 N–H and O–H groups in total. The molecule has 150 valence electrons. The summed E-state index contributed by atoms with van der Waals surface area (Å²) >= 11 is 0. The Morgan fingerprint density at radius 3 is 2.75 bits per heavy atom. The van der Waals surface area contributed by atoms with E-state index in [1.165, 1.54) is 0 Å². The van der Waals surface area contributed by atoms with Crippen LogP contribution in [0, 0.1) is 11.3 Å². The summed E-state index contributed by atoms with van der Waals surface area (Å²) < 4.78 is 1.84. The van der Waals surface area contributed by atoms with E-state index in [2.05, 4.69) is 34.5 Å². The van der Waals surface area contributed by atoms with Crippen LogP contribution in [0.3, 0.4) is 0 Å². The van der Waals surface area contributed by atoms with E-state index in [0.29, 0.717) is 24.2 Å². The van der Waals surface area contributed by atoms with Crippen LogP contribution >= 0.6 is 0 Å². The van der Waals surface area contributed by atoms with Gasteiger partial charge in [0.15, 0.2) is 5.69 Å². The Balaban J connectivity index is 1.40. The van der Waals surface area contributed by atoms with Crippen molar-refractivity contribution >= 4 is 17.6 Å². The van der Waals surface area contributed by atoms with E-state index in [-0.39, 0.29) is 23.3 Å². The number of carbonyl (C=O) groups excluding carboxylic acids is 1. The van der Waals surface area contributed by atoms with Gasteiger partial charge in [0, 0.05) is 17.5 Å². The minimum absolute atomic E-state index is 0.182. The normalized spacial score (nSPS) is 23.8. The molecule has 0 aromatic carbocycles. The molecule has 2 aromatic rings. The highest BCUT2D eigenvalue weighted by molar-refractivity contribution is 6.03. The van der Waals surface area contributed by atoms with Gasteiger partial charge in [0.2, 0.25) is 0 Å². The van der Waals surface area contributed by atoms with Gasteiger partial charge in [-0.1, -0.05) is 13.8 Å². The summed E-state index contributed by atoms with van der Waals surface area (Å²) in [5.74, 6) is -1.18. The number of aliphatic carboxylic acids is 1. The lowest BCUT2D eigenvalue weighted by molar-refractivity contribution is -0.143. The van der Waals surface area contributed by atoms with Crippen LogP contribution in [0.1, 0.15) is 73.7 Å². The molecule has 1 amide bonds. The molecule has 0 spiro atoms. The number of carboxylic acids is 1. The number of H-pyrrole nitrogens is 1. The topological polar surface area (TPSA) is 113 Å². The van der Waals surface area contributed by atoms with Crippen molar-refractivity contribution in [2.75, 3.05) is 5.32 Å². The first kappa shape index (κ1) is 18.7. The number of nitrogens with one attached hydrogen (secondary N) is 2.